The number of methoxy groups -OCH3 is 1. The Hall–Kier alpha value is -2.90. The predicted molar refractivity (Wildman–Crippen MR) is 122 cm³/mol. The fraction of sp³-hybridized carbons (Fsp3) is 0.417. The smallest absolute Gasteiger partial charge is 0.313 e. The Morgan fingerprint density at radius 1 is 1.00 bits per heavy atom. The summed E-state index contributed by atoms with van der Waals surface area (Å²) >= 11 is 0. The van der Waals surface area contributed by atoms with Crippen molar-refractivity contribution in [3.05, 3.63) is 59.2 Å². The molecule has 3 rings (SSSR count). The van der Waals surface area contributed by atoms with E-state index in [0.717, 1.165) is 48.6 Å². The first-order chi connectivity index (χ1) is 14.9. The standard InChI is InChI=1S/C24H32N4O3/c1-17-5-6-18(2)21(15-17)26-24(30)23(29)25-16-22(28-13-11-27(3)12-14-28)19-7-9-20(31-4)10-8-19/h5-10,15,22H,11-14,16H2,1-4H3,(H,25,29)(H,26,30)/t22-/m1/s1. The van der Waals surface area contributed by atoms with Crippen molar-refractivity contribution >= 4 is 17.5 Å². The number of benzene rings is 2. The van der Waals surface area contributed by atoms with Gasteiger partial charge in [0.15, 0.2) is 0 Å². The van der Waals surface area contributed by atoms with Gasteiger partial charge >= 0.3 is 11.8 Å². The zero-order valence-corrected chi connectivity index (χ0v) is 18.8. The van der Waals surface area contributed by atoms with Gasteiger partial charge in [0.2, 0.25) is 0 Å². The molecule has 1 fully saturated rings. The molecule has 1 aliphatic heterocycles. The molecular weight excluding hydrogens is 392 g/mol. The molecule has 2 amide bonds. The second-order valence-corrected chi connectivity index (χ2v) is 8.11. The highest BCUT2D eigenvalue weighted by Crippen LogP contribution is 2.24. The molecule has 31 heavy (non-hydrogen) atoms. The fourth-order valence-corrected chi connectivity index (χ4v) is 3.74. The van der Waals surface area contributed by atoms with Gasteiger partial charge in [-0.15, -0.1) is 0 Å². The van der Waals surface area contributed by atoms with Crippen LogP contribution in [0.5, 0.6) is 5.75 Å². The minimum atomic E-state index is -0.652. The number of aryl methyl sites for hydroxylation is 2. The van der Waals surface area contributed by atoms with Crippen molar-refractivity contribution in [3.8, 4) is 5.75 Å². The van der Waals surface area contributed by atoms with E-state index < -0.39 is 11.8 Å². The van der Waals surface area contributed by atoms with Gasteiger partial charge in [0.05, 0.1) is 13.2 Å². The number of piperazine rings is 1. The van der Waals surface area contributed by atoms with Crippen LogP contribution in [-0.2, 0) is 9.59 Å². The topological polar surface area (TPSA) is 73.9 Å². The number of rotatable bonds is 6. The monoisotopic (exact) mass is 424 g/mol. The van der Waals surface area contributed by atoms with Gasteiger partial charge in [-0.3, -0.25) is 14.5 Å². The van der Waals surface area contributed by atoms with Gasteiger partial charge in [0.25, 0.3) is 0 Å². The predicted octanol–water partition coefficient (Wildman–Crippen LogP) is 2.36. The van der Waals surface area contributed by atoms with Crippen LogP contribution < -0.4 is 15.4 Å². The molecule has 0 aliphatic carbocycles. The molecule has 2 N–H and O–H groups in total. The van der Waals surface area contributed by atoms with Crippen molar-refractivity contribution in [2.24, 2.45) is 0 Å². The lowest BCUT2D eigenvalue weighted by Crippen LogP contribution is -2.49. The molecule has 0 aromatic heterocycles. The summed E-state index contributed by atoms with van der Waals surface area (Å²) in [5.41, 5.74) is 3.68. The SMILES string of the molecule is COc1ccc([C@@H](CNC(=O)C(=O)Nc2cc(C)ccc2C)N2CCN(C)CC2)cc1. The average molecular weight is 425 g/mol. The lowest BCUT2D eigenvalue weighted by atomic mass is 10.0. The number of nitrogens with one attached hydrogen (secondary N) is 2. The Morgan fingerprint density at radius 3 is 2.32 bits per heavy atom. The van der Waals surface area contributed by atoms with Crippen LogP contribution in [0.1, 0.15) is 22.7 Å². The minimum Gasteiger partial charge on any atom is -0.497 e. The number of carbonyl (C=O) groups excluding carboxylic acids is 2. The Morgan fingerprint density at radius 2 is 1.68 bits per heavy atom. The number of ether oxygens (including phenoxy) is 1. The van der Waals surface area contributed by atoms with Crippen LogP contribution in [0.3, 0.4) is 0 Å². The summed E-state index contributed by atoms with van der Waals surface area (Å²) in [4.78, 5) is 29.7. The van der Waals surface area contributed by atoms with Crippen molar-refractivity contribution in [1.82, 2.24) is 15.1 Å². The third-order valence-corrected chi connectivity index (χ3v) is 5.78. The molecule has 1 heterocycles. The van der Waals surface area contributed by atoms with Gasteiger partial charge in [-0.2, -0.15) is 0 Å². The van der Waals surface area contributed by atoms with E-state index in [-0.39, 0.29) is 6.04 Å². The zero-order chi connectivity index (χ0) is 22.4. The molecule has 1 aliphatic rings. The number of nitrogens with zero attached hydrogens (tertiary/aromatic N) is 2. The van der Waals surface area contributed by atoms with E-state index in [9.17, 15) is 9.59 Å². The molecule has 7 heteroatoms. The largest absolute Gasteiger partial charge is 0.497 e. The number of hydrogen-bond donors (Lipinski definition) is 2. The van der Waals surface area contributed by atoms with E-state index >= 15 is 0 Å². The highest BCUT2D eigenvalue weighted by Gasteiger charge is 2.25. The number of anilines is 1. The third-order valence-electron chi connectivity index (χ3n) is 5.78. The zero-order valence-electron chi connectivity index (χ0n) is 18.8. The molecule has 166 valence electrons. The maximum atomic E-state index is 12.5. The Labute approximate surface area is 184 Å². The summed E-state index contributed by atoms with van der Waals surface area (Å²) in [6, 6.07) is 13.6. The van der Waals surface area contributed by atoms with E-state index in [1.54, 1.807) is 7.11 Å². The van der Waals surface area contributed by atoms with Gasteiger partial charge in [-0.25, -0.2) is 0 Å². The molecule has 2 aromatic carbocycles. The first-order valence-electron chi connectivity index (χ1n) is 10.6. The van der Waals surface area contributed by atoms with Crippen molar-refractivity contribution in [3.63, 3.8) is 0 Å². The van der Waals surface area contributed by atoms with Gasteiger partial charge in [0.1, 0.15) is 5.75 Å². The normalized spacial score (nSPS) is 15.9. The lowest BCUT2D eigenvalue weighted by Gasteiger charge is -2.38. The molecule has 7 nitrogen and oxygen atoms in total. The molecule has 2 aromatic rings. The summed E-state index contributed by atoms with van der Waals surface area (Å²) in [7, 11) is 3.75. The molecule has 0 spiro atoms. The second kappa shape index (κ2) is 10.4. The van der Waals surface area contributed by atoms with Crippen LogP contribution in [-0.4, -0.2) is 68.5 Å². The van der Waals surface area contributed by atoms with E-state index in [0.29, 0.717) is 12.2 Å². The summed E-state index contributed by atoms with van der Waals surface area (Å²) < 4.78 is 5.27. The molecule has 0 saturated carbocycles. The first kappa shape index (κ1) is 22.8. The highest BCUT2D eigenvalue weighted by molar-refractivity contribution is 6.39. The molecule has 0 bridgehead atoms. The quantitative estimate of drug-likeness (QED) is 0.697. The van der Waals surface area contributed by atoms with Crippen LogP contribution in [0.15, 0.2) is 42.5 Å². The maximum absolute atomic E-state index is 12.5. The molecule has 0 radical (unpaired) electrons. The fourth-order valence-electron chi connectivity index (χ4n) is 3.74. The van der Waals surface area contributed by atoms with Crippen LogP contribution in [0, 0.1) is 13.8 Å². The molecular formula is C24H32N4O3. The third kappa shape index (κ3) is 6.06. The Bertz CT molecular complexity index is 906. The number of hydrogen-bond acceptors (Lipinski definition) is 5. The van der Waals surface area contributed by atoms with Crippen molar-refractivity contribution < 1.29 is 14.3 Å². The van der Waals surface area contributed by atoms with E-state index in [2.05, 4.69) is 27.5 Å². The number of likely N-dealkylation sites (N-methyl/N-ethyl adjacent to an activating group) is 1. The van der Waals surface area contributed by atoms with Crippen LogP contribution >= 0.6 is 0 Å². The molecule has 0 unspecified atom stereocenters. The average Bonchev–Trinajstić information content (AvgIpc) is 2.77. The van der Waals surface area contributed by atoms with Gasteiger partial charge in [-0.1, -0.05) is 24.3 Å². The number of amides is 2. The van der Waals surface area contributed by atoms with Crippen molar-refractivity contribution in [2.75, 3.05) is 52.2 Å². The molecule has 1 atom stereocenters. The molecule has 1 saturated heterocycles. The summed E-state index contributed by atoms with van der Waals surface area (Å²) in [6.45, 7) is 7.94. The van der Waals surface area contributed by atoms with Crippen LogP contribution in [0.2, 0.25) is 0 Å². The van der Waals surface area contributed by atoms with Crippen LogP contribution in [0.4, 0.5) is 5.69 Å². The minimum absolute atomic E-state index is 0.0166. The second-order valence-electron chi connectivity index (χ2n) is 8.11. The first-order valence-corrected chi connectivity index (χ1v) is 10.6. The van der Waals surface area contributed by atoms with Gasteiger partial charge in [0, 0.05) is 38.4 Å². The van der Waals surface area contributed by atoms with Gasteiger partial charge in [-0.05, 0) is 55.8 Å². The summed E-state index contributed by atoms with van der Waals surface area (Å²) in [6.07, 6.45) is 0. The summed E-state index contributed by atoms with van der Waals surface area (Å²) in [5.74, 6) is -0.494. The van der Waals surface area contributed by atoms with E-state index in [1.165, 1.54) is 0 Å². The van der Waals surface area contributed by atoms with E-state index in [4.69, 9.17) is 4.74 Å². The highest BCUT2D eigenvalue weighted by atomic mass is 16.5. The van der Waals surface area contributed by atoms with Crippen molar-refractivity contribution in [1.29, 1.82) is 0 Å². The lowest BCUT2D eigenvalue weighted by molar-refractivity contribution is -0.136. The van der Waals surface area contributed by atoms with E-state index in [1.807, 2.05) is 56.3 Å². The Balaban J connectivity index is 1.67. The van der Waals surface area contributed by atoms with Gasteiger partial charge < -0.3 is 20.3 Å². The number of carbonyl (C=O) groups is 2. The van der Waals surface area contributed by atoms with Crippen LogP contribution in [0.25, 0.3) is 0 Å². The summed E-state index contributed by atoms with van der Waals surface area (Å²) in [5, 5.41) is 5.56. The maximum Gasteiger partial charge on any atom is 0.313 e. The Kier molecular flexibility index (Phi) is 7.65. The van der Waals surface area contributed by atoms with Crippen molar-refractivity contribution in [2.45, 2.75) is 19.9 Å².